The summed E-state index contributed by atoms with van der Waals surface area (Å²) in [6.45, 7) is 2.30. The molecule has 0 bridgehead atoms. The van der Waals surface area contributed by atoms with Crippen molar-refractivity contribution in [3.8, 4) is 0 Å². The Hall–Kier alpha value is -0.170. The van der Waals surface area contributed by atoms with Crippen LogP contribution in [-0.4, -0.2) is 51.3 Å². The highest BCUT2D eigenvalue weighted by atomic mass is 32.2. The Morgan fingerprint density at radius 1 is 1.57 bits per heavy atom. The molecule has 1 heterocycles. The van der Waals surface area contributed by atoms with E-state index in [0.717, 1.165) is 12.8 Å². The van der Waals surface area contributed by atoms with Crippen LogP contribution in [-0.2, 0) is 14.8 Å². The fourth-order valence-corrected chi connectivity index (χ4v) is 2.34. The van der Waals surface area contributed by atoms with Crippen molar-refractivity contribution in [1.82, 2.24) is 4.31 Å². The summed E-state index contributed by atoms with van der Waals surface area (Å²) in [6.07, 6.45) is 2.90. The van der Waals surface area contributed by atoms with Gasteiger partial charge in [-0.15, -0.1) is 0 Å². The lowest BCUT2D eigenvalue weighted by molar-refractivity contribution is 0.0631. The number of nitrogens with zero attached hydrogens (tertiary/aromatic N) is 1. The van der Waals surface area contributed by atoms with Crippen LogP contribution in [0.25, 0.3) is 0 Å². The van der Waals surface area contributed by atoms with Crippen molar-refractivity contribution >= 4 is 10.0 Å². The van der Waals surface area contributed by atoms with Crippen molar-refractivity contribution in [3.05, 3.63) is 0 Å². The van der Waals surface area contributed by atoms with E-state index in [9.17, 15) is 8.42 Å². The van der Waals surface area contributed by atoms with Crippen LogP contribution in [0.3, 0.4) is 0 Å². The monoisotopic (exact) mass is 222 g/mol. The molecule has 2 N–H and O–H groups in total. The summed E-state index contributed by atoms with van der Waals surface area (Å²) < 4.78 is 29.3. The summed E-state index contributed by atoms with van der Waals surface area (Å²) in [5.41, 5.74) is 5.32. The molecule has 1 atom stereocenters. The average molecular weight is 222 g/mol. The summed E-state index contributed by atoms with van der Waals surface area (Å²) >= 11 is 0. The second-order valence-corrected chi connectivity index (χ2v) is 5.53. The second-order valence-electron chi connectivity index (χ2n) is 3.54. The fraction of sp³-hybridized carbons (Fsp3) is 1.00. The minimum Gasteiger partial charge on any atom is -0.377 e. The first-order chi connectivity index (χ1) is 6.54. The van der Waals surface area contributed by atoms with E-state index < -0.39 is 10.0 Å². The Kier molecular flexibility index (Phi) is 4.31. The molecule has 1 aliphatic heterocycles. The predicted octanol–water partition coefficient (Wildman–Crippen LogP) is -0.614. The molecule has 1 saturated heterocycles. The first-order valence-electron chi connectivity index (χ1n) is 4.81. The molecule has 1 fully saturated rings. The van der Waals surface area contributed by atoms with Gasteiger partial charge in [0.05, 0.1) is 12.4 Å². The van der Waals surface area contributed by atoms with Gasteiger partial charge in [0.2, 0.25) is 10.0 Å². The van der Waals surface area contributed by atoms with Gasteiger partial charge in [0, 0.05) is 19.7 Å². The molecule has 5 nitrogen and oxygen atoms in total. The molecule has 6 heteroatoms. The van der Waals surface area contributed by atoms with Gasteiger partial charge in [-0.05, 0) is 19.4 Å². The Bertz CT molecular complexity index is 266. The minimum atomic E-state index is -3.04. The summed E-state index contributed by atoms with van der Waals surface area (Å²) in [4.78, 5) is 0. The van der Waals surface area contributed by atoms with Gasteiger partial charge in [0.25, 0.3) is 0 Å². The lowest BCUT2D eigenvalue weighted by Crippen LogP contribution is -2.29. The highest BCUT2D eigenvalue weighted by Gasteiger charge is 2.28. The summed E-state index contributed by atoms with van der Waals surface area (Å²) in [5.74, 6) is 0. The van der Waals surface area contributed by atoms with Crippen molar-refractivity contribution in [2.24, 2.45) is 5.73 Å². The maximum atomic E-state index is 11.2. The van der Waals surface area contributed by atoms with Crippen LogP contribution >= 0.6 is 0 Å². The Morgan fingerprint density at radius 3 is 2.79 bits per heavy atom. The van der Waals surface area contributed by atoms with E-state index in [1.54, 1.807) is 0 Å². The molecule has 0 saturated carbocycles. The molecule has 1 unspecified atom stereocenters. The highest BCUT2D eigenvalue weighted by Crippen LogP contribution is 2.15. The van der Waals surface area contributed by atoms with Crippen molar-refractivity contribution in [3.63, 3.8) is 0 Å². The van der Waals surface area contributed by atoms with Gasteiger partial charge in [-0.1, -0.05) is 0 Å². The lowest BCUT2D eigenvalue weighted by Gasteiger charge is -2.13. The lowest BCUT2D eigenvalue weighted by atomic mass is 10.3. The van der Waals surface area contributed by atoms with Crippen LogP contribution in [0.5, 0.6) is 0 Å². The molecule has 0 radical (unpaired) electrons. The van der Waals surface area contributed by atoms with Gasteiger partial charge in [0.1, 0.15) is 0 Å². The fourth-order valence-electron chi connectivity index (χ4n) is 1.47. The number of nitrogens with two attached hydrogens (primary N) is 1. The van der Waals surface area contributed by atoms with Crippen LogP contribution in [0, 0.1) is 0 Å². The maximum absolute atomic E-state index is 11.2. The number of hydrogen-bond acceptors (Lipinski definition) is 4. The van der Waals surface area contributed by atoms with Gasteiger partial charge >= 0.3 is 0 Å². The standard InChI is InChI=1S/C8H18N2O3S/c1-14(11,12)10-5-3-8(7-10)13-6-2-4-9/h8H,2-7,9H2,1H3. The predicted molar refractivity (Wildman–Crippen MR) is 54.4 cm³/mol. The van der Waals surface area contributed by atoms with E-state index in [2.05, 4.69) is 0 Å². The zero-order valence-electron chi connectivity index (χ0n) is 8.48. The summed E-state index contributed by atoms with van der Waals surface area (Å²) in [5, 5.41) is 0. The van der Waals surface area contributed by atoms with Crippen LogP contribution in [0.4, 0.5) is 0 Å². The van der Waals surface area contributed by atoms with Crippen LogP contribution < -0.4 is 5.73 Å². The molecular weight excluding hydrogens is 204 g/mol. The van der Waals surface area contributed by atoms with Crippen LogP contribution in [0.2, 0.25) is 0 Å². The van der Waals surface area contributed by atoms with Gasteiger partial charge in [0.15, 0.2) is 0 Å². The van der Waals surface area contributed by atoms with Gasteiger partial charge in [-0.25, -0.2) is 8.42 Å². The Balaban J connectivity index is 2.28. The number of sulfonamides is 1. The van der Waals surface area contributed by atoms with Crippen molar-refractivity contribution in [2.45, 2.75) is 18.9 Å². The highest BCUT2D eigenvalue weighted by molar-refractivity contribution is 7.88. The molecule has 0 aromatic rings. The number of hydrogen-bond donors (Lipinski definition) is 1. The molecule has 14 heavy (non-hydrogen) atoms. The number of ether oxygens (including phenoxy) is 1. The Morgan fingerprint density at radius 2 is 2.29 bits per heavy atom. The SMILES string of the molecule is CS(=O)(=O)N1CCC(OCCCN)C1. The molecule has 0 aliphatic carbocycles. The van der Waals surface area contributed by atoms with E-state index in [0.29, 0.717) is 26.2 Å². The molecule has 0 aromatic carbocycles. The summed E-state index contributed by atoms with van der Waals surface area (Å²) in [7, 11) is -3.04. The molecule has 1 rings (SSSR count). The quantitative estimate of drug-likeness (QED) is 0.630. The first-order valence-corrected chi connectivity index (χ1v) is 6.65. The van der Waals surface area contributed by atoms with E-state index in [4.69, 9.17) is 10.5 Å². The van der Waals surface area contributed by atoms with Gasteiger partial charge < -0.3 is 10.5 Å². The van der Waals surface area contributed by atoms with Crippen molar-refractivity contribution in [1.29, 1.82) is 0 Å². The average Bonchev–Trinajstić information content (AvgIpc) is 2.52. The van der Waals surface area contributed by atoms with E-state index in [1.165, 1.54) is 10.6 Å². The van der Waals surface area contributed by atoms with E-state index in [-0.39, 0.29) is 6.10 Å². The zero-order chi connectivity index (χ0) is 10.6. The maximum Gasteiger partial charge on any atom is 0.211 e. The Labute approximate surface area is 85.3 Å². The molecule has 84 valence electrons. The smallest absolute Gasteiger partial charge is 0.211 e. The summed E-state index contributed by atoms with van der Waals surface area (Å²) in [6, 6.07) is 0. The minimum absolute atomic E-state index is 0.0521. The largest absolute Gasteiger partial charge is 0.377 e. The molecule has 0 aromatic heterocycles. The van der Waals surface area contributed by atoms with Crippen LogP contribution in [0.1, 0.15) is 12.8 Å². The van der Waals surface area contributed by atoms with Crippen LogP contribution in [0.15, 0.2) is 0 Å². The van der Waals surface area contributed by atoms with Crippen molar-refractivity contribution in [2.75, 3.05) is 32.5 Å². The third-order valence-corrected chi connectivity index (χ3v) is 3.55. The molecule has 1 aliphatic rings. The third kappa shape index (κ3) is 3.53. The van der Waals surface area contributed by atoms with Gasteiger partial charge in [-0.3, -0.25) is 0 Å². The number of rotatable bonds is 5. The third-order valence-electron chi connectivity index (χ3n) is 2.28. The van der Waals surface area contributed by atoms with E-state index >= 15 is 0 Å². The second kappa shape index (κ2) is 5.06. The molecular formula is C8H18N2O3S. The molecule has 0 amide bonds. The van der Waals surface area contributed by atoms with E-state index in [1.807, 2.05) is 0 Å². The van der Waals surface area contributed by atoms with Gasteiger partial charge in [-0.2, -0.15) is 4.31 Å². The normalized spacial score (nSPS) is 24.3. The topological polar surface area (TPSA) is 72.6 Å². The zero-order valence-corrected chi connectivity index (χ0v) is 9.29. The molecule has 0 spiro atoms. The first kappa shape index (κ1) is 11.9. The van der Waals surface area contributed by atoms with Crippen molar-refractivity contribution < 1.29 is 13.2 Å².